The Morgan fingerprint density at radius 1 is 1.07 bits per heavy atom. The Morgan fingerprint density at radius 3 is 2.37 bits per heavy atom. The number of anilines is 1. The van der Waals surface area contributed by atoms with Gasteiger partial charge in [0.15, 0.2) is 0 Å². The number of benzene rings is 2. The van der Waals surface area contributed by atoms with Gasteiger partial charge in [0.05, 0.1) is 12.5 Å². The second-order valence-electron chi connectivity index (χ2n) is 8.83. The predicted molar refractivity (Wildman–Crippen MR) is 116 cm³/mol. The van der Waals surface area contributed by atoms with Gasteiger partial charge in [-0.2, -0.15) is 0 Å². The van der Waals surface area contributed by atoms with Gasteiger partial charge in [0.2, 0.25) is 0 Å². The van der Waals surface area contributed by atoms with Crippen LogP contribution in [0.25, 0.3) is 0 Å². The molecular weight excluding hydrogens is 378 g/mol. The molecule has 0 aromatic heterocycles. The Balaban J connectivity index is 1.47. The Labute approximate surface area is 177 Å². The standard InChI is InChI=1S/C25H29NO4/c1-14-4-7-18(20-13-21(20)25(28)29)12-22(14)26-24(27)23-15(2)10-19(11-16(23)3)30-9-8-17-5-6-17/h4,7,10-12,17,20-21H,5-6,8-9,13H2,1-3H3,(H,26,27)(H,28,29)/t20-,21-/m1/s1. The molecule has 1 amide bonds. The van der Waals surface area contributed by atoms with Crippen molar-refractivity contribution in [3.8, 4) is 5.75 Å². The maximum atomic E-state index is 13.1. The molecule has 158 valence electrons. The van der Waals surface area contributed by atoms with Crippen LogP contribution in [0.15, 0.2) is 30.3 Å². The molecule has 30 heavy (non-hydrogen) atoms. The first kappa shape index (κ1) is 20.5. The molecule has 2 N–H and O–H groups in total. The van der Waals surface area contributed by atoms with Crippen molar-refractivity contribution in [1.82, 2.24) is 0 Å². The third kappa shape index (κ3) is 4.50. The molecule has 2 aromatic rings. The van der Waals surface area contributed by atoms with Crippen LogP contribution in [0, 0.1) is 32.6 Å². The maximum Gasteiger partial charge on any atom is 0.307 e. The number of hydrogen-bond acceptors (Lipinski definition) is 3. The molecule has 2 aromatic carbocycles. The molecule has 5 nitrogen and oxygen atoms in total. The first-order valence-electron chi connectivity index (χ1n) is 10.7. The number of aryl methyl sites for hydroxylation is 3. The van der Waals surface area contributed by atoms with E-state index >= 15 is 0 Å². The van der Waals surface area contributed by atoms with Crippen LogP contribution in [0.1, 0.15) is 64.2 Å². The lowest BCUT2D eigenvalue weighted by molar-refractivity contribution is -0.138. The molecule has 2 aliphatic rings. The number of carboxylic acids is 1. The zero-order chi connectivity index (χ0) is 21.4. The van der Waals surface area contributed by atoms with E-state index < -0.39 is 5.97 Å². The van der Waals surface area contributed by atoms with Crippen molar-refractivity contribution < 1.29 is 19.4 Å². The first-order valence-corrected chi connectivity index (χ1v) is 10.7. The number of rotatable bonds is 8. The van der Waals surface area contributed by atoms with Crippen molar-refractivity contribution in [1.29, 1.82) is 0 Å². The summed E-state index contributed by atoms with van der Waals surface area (Å²) in [5.41, 5.74) is 5.08. The largest absolute Gasteiger partial charge is 0.494 e. The molecule has 0 bridgehead atoms. The number of aliphatic carboxylic acids is 1. The van der Waals surface area contributed by atoms with E-state index in [0.29, 0.717) is 12.0 Å². The number of hydrogen-bond donors (Lipinski definition) is 2. The van der Waals surface area contributed by atoms with Crippen LogP contribution in [0.2, 0.25) is 0 Å². The third-order valence-corrected chi connectivity index (χ3v) is 6.27. The van der Waals surface area contributed by atoms with Crippen LogP contribution in [0.4, 0.5) is 5.69 Å². The second-order valence-corrected chi connectivity index (χ2v) is 8.83. The molecule has 2 aliphatic carbocycles. The van der Waals surface area contributed by atoms with Gasteiger partial charge in [-0.1, -0.05) is 25.0 Å². The van der Waals surface area contributed by atoms with Gasteiger partial charge in [-0.15, -0.1) is 0 Å². The van der Waals surface area contributed by atoms with Crippen molar-refractivity contribution in [2.45, 2.75) is 52.4 Å². The molecular formula is C25H29NO4. The Bertz CT molecular complexity index is 970. The molecule has 4 rings (SSSR count). The number of carboxylic acid groups (broad SMARTS) is 1. The number of ether oxygens (including phenoxy) is 1. The zero-order valence-corrected chi connectivity index (χ0v) is 17.8. The van der Waals surface area contributed by atoms with E-state index in [1.54, 1.807) is 0 Å². The topological polar surface area (TPSA) is 75.6 Å². The smallest absolute Gasteiger partial charge is 0.307 e. The number of carbonyl (C=O) groups is 2. The lowest BCUT2D eigenvalue weighted by Crippen LogP contribution is -2.16. The molecule has 0 heterocycles. The van der Waals surface area contributed by atoms with Gasteiger partial charge in [0.25, 0.3) is 5.91 Å². The summed E-state index contributed by atoms with van der Waals surface area (Å²) in [6.45, 7) is 6.53. The Kier molecular flexibility index (Phi) is 5.54. The van der Waals surface area contributed by atoms with Crippen LogP contribution >= 0.6 is 0 Å². The van der Waals surface area contributed by atoms with E-state index in [1.165, 1.54) is 12.8 Å². The summed E-state index contributed by atoms with van der Waals surface area (Å²) in [7, 11) is 0. The SMILES string of the molecule is Cc1ccc([C@H]2C[C@H]2C(=O)O)cc1NC(=O)c1c(C)cc(OCCC2CC2)cc1C. The lowest BCUT2D eigenvalue weighted by atomic mass is 10.0. The summed E-state index contributed by atoms with van der Waals surface area (Å²) in [5, 5.41) is 12.2. The molecule has 0 saturated heterocycles. The van der Waals surface area contributed by atoms with Gasteiger partial charge in [-0.25, -0.2) is 0 Å². The predicted octanol–water partition coefficient (Wildman–Crippen LogP) is 5.23. The van der Waals surface area contributed by atoms with Gasteiger partial charge >= 0.3 is 5.97 Å². The fourth-order valence-corrected chi connectivity index (χ4v) is 4.14. The summed E-state index contributed by atoms with van der Waals surface area (Å²) in [5.74, 6) is 0.464. The number of carbonyl (C=O) groups excluding carboxylic acids is 1. The highest BCUT2D eigenvalue weighted by atomic mass is 16.5. The molecule has 5 heteroatoms. The lowest BCUT2D eigenvalue weighted by Gasteiger charge is -2.15. The van der Waals surface area contributed by atoms with E-state index in [9.17, 15) is 14.7 Å². The minimum absolute atomic E-state index is 0.0364. The minimum atomic E-state index is -0.753. The van der Waals surface area contributed by atoms with Gasteiger partial charge < -0.3 is 15.2 Å². The van der Waals surface area contributed by atoms with Crippen LogP contribution in [-0.4, -0.2) is 23.6 Å². The highest BCUT2D eigenvalue weighted by Crippen LogP contribution is 2.48. The van der Waals surface area contributed by atoms with Gasteiger partial charge in [0.1, 0.15) is 5.75 Å². The van der Waals surface area contributed by atoms with Gasteiger partial charge in [-0.05, 0) is 85.9 Å². The summed E-state index contributed by atoms with van der Waals surface area (Å²) in [6.07, 6.45) is 4.39. The maximum absolute atomic E-state index is 13.1. The summed E-state index contributed by atoms with van der Waals surface area (Å²) < 4.78 is 5.89. The van der Waals surface area contributed by atoms with Crippen molar-refractivity contribution in [2.24, 2.45) is 11.8 Å². The first-order chi connectivity index (χ1) is 14.3. The molecule has 0 spiro atoms. The van der Waals surface area contributed by atoms with Gasteiger partial charge in [0, 0.05) is 11.3 Å². The highest BCUT2D eigenvalue weighted by Gasteiger charge is 2.44. The number of amides is 1. The van der Waals surface area contributed by atoms with Crippen LogP contribution < -0.4 is 10.1 Å². The van der Waals surface area contributed by atoms with E-state index in [1.807, 2.05) is 51.1 Å². The molecule has 0 radical (unpaired) electrons. The van der Waals surface area contributed by atoms with Crippen molar-refractivity contribution in [3.63, 3.8) is 0 Å². The minimum Gasteiger partial charge on any atom is -0.494 e. The molecule has 0 aliphatic heterocycles. The monoisotopic (exact) mass is 407 g/mol. The van der Waals surface area contributed by atoms with Crippen LogP contribution in [0.3, 0.4) is 0 Å². The molecule has 2 saturated carbocycles. The third-order valence-electron chi connectivity index (χ3n) is 6.27. The van der Waals surface area contributed by atoms with E-state index in [-0.39, 0.29) is 17.7 Å². The van der Waals surface area contributed by atoms with Crippen molar-refractivity contribution in [3.05, 3.63) is 58.1 Å². The normalized spacial score (nSPS) is 20.0. The van der Waals surface area contributed by atoms with Crippen LogP contribution in [-0.2, 0) is 4.79 Å². The zero-order valence-electron chi connectivity index (χ0n) is 17.8. The Morgan fingerprint density at radius 2 is 1.77 bits per heavy atom. The second kappa shape index (κ2) is 8.13. The van der Waals surface area contributed by atoms with E-state index in [2.05, 4.69) is 5.32 Å². The highest BCUT2D eigenvalue weighted by molar-refractivity contribution is 6.06. The summed E-state index contributed by atoms with van der Waals surface area (Å²) in [6, 6.07) is 9.68. The van der Waals surface area contributed by atoms with E-state index in [0.717, 1.165) is 52.6 Å². The fraction of sp³-hybridized carbons (Fsp3) is 0.440. The Hall–Kier alpha value is -2.82. The van der Waals surface area contributed by atoms with Gasteiger partial charge in [-0.3, -0.25) is 9.59 Å². The summed E-state index contributed by atoms with van der Waals surface area (Å²) in [4.78, 5) is 24.2. The molecule has 2 atom stereocenters. The van der Waals surface area contributed by atoms with Crippen molar-refractivity contribution in [2.75, 3.05) is 11.9 Å². The quantitative estimate of drug-likeness (QED) is 0.628. The summed E-state index contributed by atoms with van der Waals surface area (Å²) >= 11 is 0. The van der Waals surface area contributed by atoms with E-state index in [4.69, 9.17) is 4.74 Å². The van der Waals surface area contributed by atoms with Crippen molar-refractivity contribution >= 4 is 17.6 Å². The van der Waals surface area contributed by atoms with Crippen LogP contribution in [0.5, 0.6) is 5.75 Å². The average Bonchev–Trinajstić information content (AvgIpc) is 3.57. The molecule has 0 unspecified atom stereocenters. The number of nitrogens with one attached hydrogen (secondary N) is 1. The fourth-order valence-electron chi connectivity index (χ4n) is 4.14. The molecule has 2 fully saturated rings. The average molecular weight is 408 g/mol.